The Bertz CT molecular complexity index is 1030. The van der Waals surface area contributed by atoms with E-state index in [0.29, 0.717) is 5.69 Å². The van der Waals surface area contributed by atoms with Crippen molar-refractivity contribution in [2.24, 2.45) is 0 Å². The summed E-state index contributed by atoms with van der Waals surface area (Å²) in [5, 5.41) is 6.16. The molecule has 3 aromatic rings. The molecule has 3 rings (SSSR count). The van der Waals surface area contributed by atoms with E-state index in [0.717, 1.165) is 29.3 Å². The first kappa shape index (κ1) is 20.1. The van der Waals surface area contributed by atoms with E-state index in [2.05, 4.69) is 15.2 Å². The Morgan fingerprint density at radius 3 is 2.48 bits per heavy atom. The van der Waals surface area contributed by atoms with Crippen molar-refractivity contribution >= 4 is 17.8 Å². The highest BCUT2D eigenvalue weighted by atomic mass is 19.4. The van der Waals surface area contributed by atoms with Crippen LogP contribution in [0.2, 0.25) is 0 Å². The van der Waals surface area contributed by atoms with Crippen molar-refractivity contribution in [3.05, 3.63) is 71.3 Å². The molecule has 0 fully saturated rings. The van der Waals surface area contributed by atoms with Gasteiger partial charge in [0.15, 0.2) is 6.61 Å². The summed E-state index contributed by atoms with van der Waals surface area (Å²) in [4.78, 5) is 23.9. The number of halogens is 3. The molecule has 0 saturated carbocycles. The smallest absolute Gasteiger partial charge is 0.417 e. The molecular formula is C20H15F3N2O4. The zero-order valence-electron chi connectivity index (χ0n) is 15.1. The van der Waals surface area contributed by atoms with Crippen molar-refractivity contribution in [2.75, 3.05) is 11.9 Å². The van der Waals surface area contributed by atoms with Crippen LogP contribution in [-0.4, -0.2) is 23.6 Å². The number of hydrogen-bond acceptors (Lipinski definition) is 5. The summed E-state index contributed by atoms with van der Waals surface area (Å²) in [6.45, 7) is 1.15. The van der Waals surface area contributed by atoms with Gasteiger partial charge in [-0.3, -0.25) is 10.1 Å². The minimum absolute atomic E-state index is 0.0114. The van der Waals surface area contributed by atoms with Crippen LogP contribution in [0.5, 0.6) is 0 Å². The predicted octanol–water partition coefficient (Wildman–Crippen LogP) is 4.46. The second-order valence-corrected chi connectivity index (χ2v) is 6.11. The Hall–Kier alpha value is -3.62. The monoisotopic (exact) mass is 404 g/mol. The maximum Gasteiger partial charge on any atom is 0.417 e. The van der Waals surface area contributed by atoms with Gasteiger partial charge in [0.2, 0.25) is 5.88 Å². The topological polar surface area (TPSA) is 81.4 Å². The minimum Gasteiger partial charge on any atom is -0.452 e. The lowest BCUT2D eigenvalue weighted by Gasteiger charge is -2.11. The molecular weight excluding hydrogens is 389 g/mol. The van der Waals surface area contributed by atoms with Gasteiger partial charge in [0.1, 0.15) is 5.69 Å². The van der Waals surface area contributed by atoms with E-state index >= 15 is 0 Å². The Kier molecular flexibility index (Phi) is 5.67. The van der Waals surface area contributed by atoms with Gasteiger partial charge in [0.05, 0.1) is 11.1 Å². The molecule has 0 aliphatic rings. The number of carbonyl (C=O) groups is 2. The number of nitrogens with one attached hydrogen (secondary N) is 1. The van der Waals surface area contributed by atoms with Crippen LogP contribution in [0.3, 0.4) is 0 Å². The van der Waals surface area contributed by atoms with Crippen LogP contribution >= 0.6 is 0 Å². The molecule has 150 valence electrons. The summed E-state index contributed by atoms with van der Waals surface area (Å²) in [5.74, 6) is -2.03. The molecule has 0 saturated heterocycles. The summed E-state index contributed by atoms with van der Waals surface area (Å²) in [6.07, 6.45) is -4.72. The van der Waals surface area contributed by atoms with E-state index in [1.807, 2.05) is 31.2 Å². The Balaban J connectivity index is 1.60. The van der Waals surface area contributed by atoms with Gasteiger partial charge in [-0.15, -0.1) is 0 Å². The van der Waals surface area contributed by atoms with Gasteiger partial charge in [0, 0.05) is 11.6 Å². The molecule has 1 N–H and O–H groups in total. The molecule has 0 bridgehead atoms. The van der Waals surface area contributed by atoms with Crippen LogP contribution in [0.1, 0.15) is 21.5 Å². The van der Waals surface area contributed by atoms with Crippen molar-refractivity contribution in [2.45, 2.75) is 13.1 Å². The molecule has 0 atom stereocenters. The molecule has 9 heteroatoms. The number of amides is 1. The number of aryl methyl sites for hydroxylation is 1. The Morgan fingerprint density at radius 1 is 1.10 bits per heavy atom. The fourth-order valence-electron chi connectivity index (χ4n) is 2.49. The lowest BCUT2D eigenvalue weighted by molar-refractivity contribution is -0.138. The van der Waals surface area contributed by atoms with E-state index in [9.17, 15) is 22.8 Å². The quantitative estimate of drug-likeness (QED) is 0.635. The highest BCUT2D eigenvalue weighted by Crippen LogP contribution is 2.32. The van der Waals surface area contributed by atoms with E-state index in [-0.39, 0.29) is 5.88 Å². The summed E-state index contributed by atoms with van der Waals surface area (Å²) in [6, 6.07) is 13.1. The third-order valence-corrected chi connectivity index (χ3v) is 3.91. The SMILES string of the molecule is Cc1ccc(-c2cc(NC(=O)COC(=O)c3ccccc3C(F)(F)F)on2)cc1. The molecule has 0 radical (unpaired) electrons. The van der Waals surface area contributed by atoms with Crippen LogP contribution in [0.4, 0.5) is 19.1 Å². The molecule has 0 aliphatic heterocycles. The summed E-state index contributed by atoms with van der Waals surface area (Å²) < 4.78 is 48.6. The number of carbonyl (C=O) groups excluding carboxylic acids is 2. The summed E-state index contributed by atoms with van der Waals surface area (Å²) >= 11 is 0. The van der Waals surface area contributed by atoms with Crippen LogP contribution in [0.15, 0.2) is 59.1 Å². The lowest BCUT2D eigenvalue weighted by Crippen LogP contribution is -2.22. The number of anilines is 1. The maximum atomic E-state index is 13.0. The largest absolute Gasteiger partial charge is 0.452 e. The van der Waals surface area contributed by atoms with Gasteiger partial charge in [-0.2, -0.15) is 13.2 Å². The second-order valence-electron chi connectivity index (χ2n) is 6.11. The molecule has 1 amide bonds. The Labute approximate surface area is 163 Å². The molecule has 0 spiro atoms. The number of esters is 1. The summed E-state index contributed by atoms with van der Waals surface area (Å²) in [5.41, 5.74) is 0.517. The standard InChI is InChI=1S/C20H15F3N2O4/c1-12-6-8-13(9-7-12)16-10-18(29-25-16)24-17(26)11-28-19(27)14-4-2-3-5-15(14)20(21,22)23/h2-10H,11H2,1H3,(H,24,26). The number of rotatable bonds is 5. The minimum atomic E-state index is -4.72. The number of aromatic nitrogens is 1. The first-order chi connectivity index (χ1) is 13.7. The molecule has 1 heterocycles. The predicted molar refractivity (Wildman–Crippen MR) is 97.0 cm³/mol. The molecule has 2 aromatic carbocycles. The number of benzene rings is 2. The fourth-order valence-corrected chi connectivity index (χ4v) is 2.49. The van der Waals surface area contributed by atoms with Crippen LogP contribution in [-0.2, 0) is 15.7 Å². The fraction of sp³-hybridized carbons (Fsp3) is 0.150. The maximum absolute atomic E-state index is 13.0. The second kappa shape index (κ2) is 8.17. The van der Waals surface area contributed by atoms with Gasteiger partial charge in [-0.25, -0.2) is 4.79 Å². The van der Waals surface area contributed by atoms with E-state index < -0.39 is 35.8 Å². The van der Waals surface area contributed by atoms with Gasteiger partial charge in [-0.1, -0.05) is 47.1 Å². The van der Waals surface area contributed by atoms with Crippen molar-refractivity contribution < 1.29 is 32.0 Å². The van der Waals surface area contributed by atoms with E-state index in [1.165, 1.54) is 12.1 Å². The van der Waals surface area contributed by atoms with E-state index in [1.54, 1.807) is 0 Å². The molecule has 1 aromatic heterocycles. The summed E-state index contributed by atoms with van der Waals surface area (Å²) in [7, 11) is 0. The third-order valence-electron chi connectivity index (χ3n) is 3.91. The highest BCUT2D eigenvalue weighted by molar-refractivity contribution is 5.95. The van der Waals surface area contributed by atoms with Crippen molar-refractivity contribution in [1.82, 2.24) is 5.16 Å². The van der Waals surface area contributed by atoms with Gasteiger partial charge >= 0.3 is 12.1 Å². The first-order valence-corrected chi connectivity index (χ1v) is 8.41. The Morgan fingerprint density at radius 2 is 1.79 bits per heavy atom. The molecule has 29 heavy (non-hydrogen) atoms. The average molecular weight is 404 g/mol. The normalized spacial score (nSPS) is 11.2. The number of alkyl halides is 3. The van der Waals surface area contributed by atoms with Crippen molar-refractivity contribution in [1.29, 1.82) is 0 Å². The number of ether oxygens (including phenoxy) is 1. The van der Waals surface area contributed by atoms with E-state index in [4.69, 9.17) is 4.52 Å². The molecule has 0 unspecified atom stereocenters. The van der Waals surface area contributed by atoms with Crippen LogP contribution < -0.4 is 5.32 Å². The highest BCUT2D eigenvalue weighted by Gasteiger charge is 2.35. The van der Waals surface area contributed by atoms with Crippen LogP contribution in [0, 0.1) is 6.92 Å². The van der Waals surface area contributed by atoms with Gasteiger partial charge in [-0.05, 0) is 19.1 Å². The molecule has 6 nitrogen and oxygen atoms in total. The third kappa shape index (κ3) is 5.01. The van der Waals surface area contributed by atoms with Gasteiger partial charge in [0.25, 0.3) is 5.91 Å². The number of hydrogen-bond donors (Lipinski definition) is 1. The van der Waals surface area contributed by atoms with Crippen molar-refractivity contribution in [3.63, 3.8) is 0 Å². The van der Waals surface area contributed by atoms with Crippen molar-refractivity contribution in [3.8, 4) is 11.3 Å². The van der Waals surface area contributed by atoms with Gasteiger partial charge < -0.3 is 9.26 Å². The average Bonchev–Trinajstić information content (AvgIpc) is 3.14. The zero-order chi connectivity index (χ0) is 21.0. The molecule has 0 aliphatic carbocycles. The first-order valence-electron chi connectivity index (χ1n) is 8.41. The zero-order valence-corrected chi connectivity index (χ0v) is 15.1. The lowest BCUT2D eigenvalue weighted by atomic mass is 10.1. The number of nitrogens with zero attached hydrogens (tertiary/aromatic N) is 1. The van der Waals surface area contributed by atoms with Crippen LogP contribution in [0.25, 0.3) is 11.3 Å².